The van der Waals surface area contributed by atoms with Crippen LogP contribution in [0.25, 0.3) is 5.69 Å². The summed E-state index contributed by atoms with van der Waals surface area (Å²) in [5.41, 5.74) is 1.75. The van der Waals surface area contributed by atoms with Crippen molar-refractivity contribution in [1.82, 2.24) is 30.0 Å². The Labute approximate surface area is 102 Å². The van der Waals surface area contributed by atoms with E-state index in [4.69, 9.17) is 0 Å². The van der Waals surface area contributed by atoms with Crippen molar-refractivity contribution in [2.75, 3.05) is 0 Å². The highest BCUT2D eigenvalue weighted by Gasteiger charge is 2.02. The molecule has 1 aromatic carbocycles. The molecule has 7 heteroatoms. The first kappa shape index (κ1) is 10.6. The van der Waals surface area contributed by atoms with E-state index in [9.17, 15) is 4.39 Å². The van der Waals surface area contributed by atoms with Crippen LogP contribution in [0.1, 0.15) is 5.56 Å². The van der Waals surface area contributed by atoms with E-state index in [1.165, 1.54) is 23.1 Å². The van der Waals surface area contributed by atoms with Gasteiger partial charge in [0.15, 0.2) is 0 Å². The second kappa shape index (κ2) is 4.36. The van der Waals surface area contributed by atoms with Crippen molar-refractivity contribution < 1.29 is 4.39 Å². The van der Waals surface area contributed by atoms with Crippen LogP contribution in [-0.2, 0) is 6.54 Å². The topological polar surface area (TPSA) is 61.4 Å². The lowest BCUT2D eigenvalue weighted by Gasteiger charge is -2.01. The van der Waals surface area contributed by atoms with Gasteiger partial charge >= 0.3 is 0 Å². The minimum Gasteiger partial charge on any atom is -0.266 e. The molecule has 6 nitrogen and oxygen atoms in total. The Morgan fingerprint density at radius 2 is 2.00 bits per heavy atom. The van der Waals surface area contributed by atoms with Crippen LogP contribution < -0.4 is 0 Å². The molecule has 90 valence electrons. The zero-order valence-electron chi connectivity index (χ0n) is 9.31. The molecule has 0 N–H and O–H groups in total. The summed E-state index contributed by atoms with van der Waals surface area (Å²) in [6.45, 7) is 0.572. The molecular formula is C11H9FN6. The molecule has 2 aromatic heterocycles. The average Bonchev–Trinajstić information content (AvgIpc) is 3.02. The number of hydrogen-bond donors (Lipinski definition) is 0. The van der Waals surface area contributed by atoms with Crippen LogP contribution in [0.4, 0.5) is 4.39 Å². The summed E-state index contributed by atoms with van der Waals surface area (Å²) in [4.78, 5) is 0. The van der Waals surface area contributed by atoms with Crippen molar-refractivity contribution in [3.8, 4) is 5.69 Å². The molecule has 3 aromatic rings. The number of aromatic nitrogens is 6. The third-order valence-corrected chi connectivity index (χ3v) is 2.49. The molecule has 0 unspecified atom stereocenters. The molecule has 0 saturated heterocycles. The molecule has 0 spiro atoms. The minimum absolute atomic E-state index is 0.242. The fourth-order valence-electron chi connectivity index (χ4n) is 1.61. The highest BCUT2D eigenvalue weighted by atomic mass is 19.1. The van der Waals surface area contributed by atoms with Crippen molar-refractivity contribution in [2.24, 2.45) is 0 Å². The van der Waals surface area contributed by atoms with Crippen molar-refractivity contribution in [2.45, 2.75) is 6.54 Å². The molecule has 2 heterocycles. The number of nitrogens with zero attached hydrogens (tertiary/aromatic N) is 6. The molecule has 0 amide bonds. The van der Waals surface area contributed by atoms with Gasteiger partial charge in [0.2, 0.25) is 0 Å². The van der Waals surface area contributed by atoms with E-state index in [0.29, 0.717) is 6.54 Å². The van der Waals surface area contributed by atoms with Gasteiger partial charge in [-0.15, -0.1) is 5.10 Å². The Morgan fingerprint density at radius 3 is 2.72 bits per heavy atom. The predicted molar refractivity (Wildman–Crippen MR) is 60.4 cm³/mol. The van der Waals surface area contributed by atoms with Crippen LogP contribution in [-0.4, -0.2) is 30.0 Å². The lowest BCUT2D eigenvalue weighted by atomic mass is 10.2. The predicted octanol–water partition coefficient (Wildman–Crippen LogP) is 1.05. The first-order valence-electron chi connectivity index (χ1n) is 5.31. The number of tetrazole rings is 1. The second-order valence-electron chi connectivity index (χ2n) is 3.78. The largest absolute Gasteiger partial charge is 0.266 e. The molecule has 0 saturated carbocycles. The lowest BCUT2D eigenvalue weighted by molar-refractivity contribution is 0.624. The standard InChI is InChI=1S/C11H9FN6/c12-10-3-1-9(2-4-10)6-17-7-11(5-14-17)18-8-13-15-16-18/h1-5,7-8H,6H2. The third-order valence-electron chi connectivity index (χ3n) is 2.49. The molecule has 0 aliphatic carbocycles. The highest BCUT2D eigenvalue weighted by molar-refractivity contribution is 5.23. The van der Waals surface area contributed by atoms with E-state index >= 15 is 0 Å². The first-order valence-corrected chi connectivity index (χ1v) is 5.31. The lowest BCUT2D eigenvalue weighted by Crippen LogP contribution is -2.00. The summed E-state index contributed by atoms with van der Waals surface area (Å²) in [7, 11) is 0. The van der Waals surface area contributed by atoms with E-state index in [0.717, 1.165) is 11.3 Å². The zero-order valence-corrected chi connectivity index (χ0v) is 9.31. The Kier molecular flexibility index (Phi) is 2.56. The van der Waals surface area contributed by atoms with Gasteiger partial charge in [-0.2, -0.15) is 9.78 Å². The van der Waals surface area contributed by atoms with Gasteiger partial charge in [-0.05, 0) is 28.1 Å². The molecule has 18 heavy (non-hydrogen) atoms. The summed E-state index contributed by atoms with van der Waals surface area (Å²) in [6, 6.07) is 6.32. The molecule has 0 aliphatic rings. The second-order valence-corrected chi connectivity index (χ2v) is 3.78. The van der Waals surface area contributed by atoms with Gasteiger partial charge in [0.1, 0.15) is 17.8 Å². The Bertz CT molecular complexity index is 628. The van der Waals surface area contributed by atoms with Crippen LogP contribution >= 0.6 is 0 Å². The first-order chi connectivity index (χ1) is 8.81. The van der Waals surface area contributed by atoms with Gasteiger partial charge in [0.25, 0.3) is 0 Å². The summed E-state index contributed by atoms with van der Waals surface area (Å²) >= 11 is 0. The summed E-state index contributed by atoms with van der Waals surface area (Å²) in [5.74, 6) is -0.242. The van der Waals surface area contributed by atoms with Gasteiger partial charge < -0.3 is 0 Å². The fraction of sp³-hybridized carbons (Fsp3) is 0.0909. The van der Waals surface area contributed by atoms with Crippen molar-refractivity contribution in [3.05, 3.63) is 54.4 Å². The van der Waals surface area contributed by atoms with Gasteiger partial charge in [0, 0.05) is 0 Å². The van der Waals surface area contributed by atoms with E-state index in [1.54, 1.807) is 23.0 Å². The monoisotopic (exact) mass is 244 g/mol. The molecule has 3 rings (SSSR count). The van der Waals surface area contributed by atoms with E-state index < -0.39 is 0 Å². The van der Waals surface area contributed by atoms with Gasteiger partial charge in [-0.25, -0.2) is 4.39 Å². The van der Waals surface area contributed by atoms with Gasteiger partial charge in [-0.1, -0.05) is 12.1 Å². The van der Waals surface area contributed by atoms with Gasteiger partial charge in [-0.3, -0.25) is 4.68 Å². The van der Waals surface area contributed by atoms with E-state index in [-0.39, 0.29) is 5.82 Å². The van der Waals surface area contributed by atoms with E-state index in [1.807, 2.05) is 6.20 Å². The van der Waals surface area contributed by atoms with Crippen molar-refractivity contribution in [1.29, 1.82) is 0 Å². The fourth-order valence-corrected chi connectivity index (χ4v) is 1.61. The average molecular weight is 244 g/mol. The Morgan fingerprint density at radius 1 is 1.17 bits per heavy atom. The van der Waals surface area contributed by atoms with Crippen LogP contribution in [0, 0.1) is 5.82 Å². The zero-order chi connectivity index (χ0) is 12.4. The molecular weight excluding hydrogens is 235 g/mol. The maximum atomic E-state index is 12.8. The molecule has 0 aliphatic heterocycles. The maximum absolute atomic E-state index is 12.8. The quantitative estimate of drug-likeness (QED) is 0.690. The SMILES string of the molecule is Fc1ccc(Cn2cc(-n3cnnn3)cn2)cc1. The smallest absolute Gasteiger partial charge is 0.144 e. The van der Waals surface area contributed by atoms with Crippen LogP contribution in [0.15, 0.2) is 43.0 Å². The van der Waals surface area contributed by atoms with Crippen LogP contribution in [0.2, 0.25) is 0 Å². The summed E-state index contributed by atoms with van der Waals surface area (Å²) in [5, 5.41) is 15.1. The normalized spacial score (nSPS) is 10.7. The molecule has 0 bridgehead atoms. The highest BCUT2D eigenvalue weighted by Crippen LogP contribution is 2.07. The number of halogens is 1. The maximum Gasteiger partial charge on any atom is 0.144 e. The third kappa shape index (κ3) is 2.10. The molecule has 0 atom stereocenters. The Balaban J connectivity index is 1.80. The molecule has 0 fully saturated rings. The van der Waals surface area contributed by atoms with Crippen molar-refractivity contribution >= 4 is 0 Å². The van der Waals surface area contributed by atoms with Gasteiger partial charge in [0.05, 0.1) is 18.9 Å². The van der Waals surface area contributed by atoms with Crippen LogP contribution in [0.5, 0.6) is 0 Å². The summed E-state index contributed by atoms with van der Waals surface area (Å²) in [6.07, 6.45) is 4.98. The van der Waals surface area contributed by atoms with E-state index in [2.05, 4.69) is 20.6 Å². The number of hydrogen-bond acceptors (Lipinski definition) is 4. The van der Waals surface area contributed by atoms with Crippen LogP contribution in [0.3, 0.4) is 0 Å². The summed E-state index contributed by atoms with van der Waals surface area (Å²) < 4.78 is 16.0. The Hall–Kier alpha value is -2.57. The molecule has 0 radical (unpaired) electrons. The number of benzene rings is 1. The number of rotatable bonds is 3. The van der Waals surface area contributed by atoms with Crippen molar-refractivity contribution in [3.63, 3.8) is 0 Å². The minimum atomic E-state index is -0.242.